The zero-order chi connectivity index (χ0) is 28.4. The Morgan fingerprint density at radius 2 is 1.40 bits per heavy atom. The Morgan fingerprint density at radius 1 is 0.690 bits per heavy atom. The van der Waals surface area contributed by atoms with Crippen molar-refractivity contribution in [2.45, 2.75) is 38.7 Å². The highest BCUT2D eigenvalue weighted by atomic mass is 16.5. The number of ether oxygens (including phenoxy) is 1. The van der Waals surface area contributed by atoms with Gasteiger partial charge in [0.2, 0.25) is 0 Å². The summed E-state index contributed by atoms with van der Waals surface area (Å²) in [6, 6.07) is 32.1. The molecule has 0 amide bonds. The Morgan fingerprint density at radius 3 is 2.19 bits per heavy atom. The lowest BCUT2D eigenvalue weighted by Gasteiger charge is -2.37. The fourth-order valence-electron chi connectivity index (χ4n) is 7.21. The minimum atomic E-state index is -0.829. The molecule has 0 aromatic heterocycles. The average Bonchev–Trinajstić information content (AvgIpc) is 3.33. The lowest BCUT2D eigenvalue weighted by atomic mass is 9.81. The summed E-state index contributed by atoms with van der Waals surface area (Å²) in [6.45, 7) is 6.38. The lowest BCUT2D eigenvalue weighted by Crippen LogP contribution is -2.35. The van der Waals surface area contributed by atoms with Gasteiger partial charge < -0.3 is 9.64 Å². The first kappa shape index (κ1) is 25.1. The molecule has 3 nitrogen and oxygen atoms in total. The first-order valence-corrected chi connectivity index (χ1v) is 15.1. The Bertz CT molecular complexity index is 1910. The summed E-state index contributed by atoms with van der Waals surface area (Å²) in [5.41, 5.74) is 9.25. The van der Waals surface area contributed by atoms with E-state index in [-0.39, 0.29) is 5.78 Å². The molecule has 1 fully saturated rings. The van der Waals surface area contributed by atoms with Gasteiger partial charge in [-0.2, -0.15) is 0 Å². The normalized spacial score (nSPS) is 18.9. The van der Waals surface area contributed by atoms with Crippen LogP contribution in [0.15, 0.2) is 97.1 Å². The Labute approximate surface area is 247 Å². The number of piperidine rings is 1. The van der Waals surface area contributed by atoms with Gasteiger partial charge in [-0.25, -0.2) is 0 Å². The molecule has 2 heterocycles. The number of aryl methyl sites for hydroxylation is 2. The monoisotopic (exact) mass is 547 g/mol. The molecule has 5 aromatic rings. The summed E-state index contributed by atoms with van der Waals surface area (Å²) in [7, 11) is 0. The van der Waals surface area contributed by atoms with Gasteiger partial charge in [0.25, 0.3) is 0 Å². The first-order valence-electron chi connectivity index (χ1n) is 15.1. The minimum absolute atomic E-state index is 0.0776. The minimum Gasteiger partial charge on any atom is -0.472 e. The Kier molecular flexibility index (Phi) is 5.65. The van der Waals surface area contributed by atoms with E-state index in [4.69, 9.17) is 4.74 Å². The number of hydrogen-bond donors (Lipinski definition) is 0. The van der Waals surface area contributed by atoms with Crippen LogP contribution in [0, 0.1) is 13.8 Å². The molecule has 1 aliphatic carbocycles. The van der Waals surface area contributed by atoms with Crippen LogP contribution >= 0.6 is 0 Å². The number of hydrogen-bond acceptors (Lipinski definition) is 3. The Balaban J connectivity index is 1.35. The predicted octanol–water partition coefficient (Wildman–Crippen LogP) is 9.01. The van der Waals surface area contributed by atoms with E-state index in [2.05, 4.69) is 103 Å². The van der Waals surface area contributed by atoms with Gasteiger partial charge in [0.15, 0.2) is 11.4 Å². The van der Waals surface area contributed by atoms with Gasteiger partial charge in [-0.3, -0.25) is 4.79 Å². The average molecular weight is 548 g/mol. The van der Waals surface area contributed by atoms with E-state index in [1.54, 1.807) is 0 Å². The fraction of sp³-hybridized carbons (Fsp3) is 0.205. The molecule has 3 heteroatoms. The summed E-state index contributed by atoms with van der Waals surface area (Å²) in [5, 5.41) is 2.10. The van der Waals surface area contributed by atoms with Gasteiger partial charge >= 0.3 is 0 Å². The zero-order valence-corrected chi connectivity index (χ0v) is 24.1. The van der Waals surface area contributed by atoms with Crippen LogP contribution in [0.25, 0.3) is 28.0 Å². The summed E-state index contributed by atoms with van der Waals surface area (Å²) >= 11 is 0. The number of nitrogens with zero attached hydrogens (tertiary/aromatic N) is 1. The number of rotatable bonds is 3. The molecule has 0 radical (unpaired) electrons. The van der Waals surface area contributed by atoms with Crippen LogP contribution in [0.4, 0.5) is 5.69 Å². The van der Waals surface area contributed by atoms with E-state index in [1.807, 2.05) is 19.1 Å². The molecule has 5 aromatic carbocycles. The molecule has 1 saturated heterocycles. The molecular weight excluding hydrogens is 514 g/mol. The third-order valence-electron chi connectivity index (χ3n) is 9.34. The van der Waals surface area contributed by atoms with Gasteiger partial charge in [0.1, 0.15) is 5.75 Å². The van der Waals surface area contributed by atoms with Crippen LogP contribution in [-0.2, 0) is 5.60 Å². The number of carbonyl (C=O) groups is 1. The van der Waals surface area contributed by atoms with E-state index < -0.39 is 5.60 Å². The maximum atomic E-state index is 14.0. The maximum Gasteiger partial charge on any atom is 0.195 e. The van der Waals surface area contributed by atoms with Crippen LogP contribution in [-0.4, -0.2) is 18.9 Å². The zero-order valence-electron chi connectivity index (χ0n) is 24.1. The van der Waals surface area contributed by atoms with Crippen LogP contribution in [0.2, 0.25) is 0 Å². The van der Waals surface area contributed by atoms with E-state index >= 15 is 0 Å². The molecule has 0 bridgehead atoms. The number of carbonyl (C=O) groups excluding carboxylic acids is 1. The number of fused-ring (bicyclic) bond motifs is 8. The van der Waals surface area contributed by atoms with Crippen molar-refractivity contribution in [3.05, 3.63) is 136 Å². The highest BCUT2D eigenvalue weighted by Crippen LogP contribution is 2.52. The van der Waals surface area contributed by atoms with Gasteiger partial charge in [0, 0.05) is 57.5 Å². The van der Waals surface area contributed by atoms with Crippen LogP contribution in [0.3, 0.4) is 0 Å². The van der Waals surface area contributed by atoms with Crippen LogP contribution in [0.1, 0.15) is 63.0 Å². The van der Waals surface area contributed by atoms with Gasteiger partial charge in [-0.05, 0) is 80.5 Å². The molecule has 0 spiro atoms. The molecule has 0 saturated carbocycles. The van der Waals surface area contributed by atoms with Crippen molar-refractivity contribution in [1.82, 2.24) is 0 Å². The van der Waals surface area contributed by atoms with Crippen molar-refractivity contribution < 1.29 is 9.53 Å². The van der Waals surface area contributed by atoms with Crippen molar-refractivity contribution in [1.29, 1.82) is 0 Å². The van der Waals surface area contributed by atoms with Crippen LogP contribution < -0.4 is 9.64 Å². The maximum absolute atomic E-state index is 14.0. The highest BCUT2D eigenvalue weighted by molar-refractivity contribution is 6.29. The third-order valence-corrected chi connectivity index (χ3v) is 9.34. The molecule has 206 valence electrons. The highest BCUT2D eigenvalue weighted by Gasteiger charge is 2.41. The van der Waals surface area contributed by atoms with E-state index in [1.165, 1.54) is 24.9 Å². The van der Waals surface area contributed by atoms with Crippen molar-refractivity contribution >= 4 is 28.3 Å². The van der Waals surface area contributed by atoms with Crippen molar-refractivity contribution in [3.8, 4) is 16.9 Å². The standard InChI is InChI=1S/C39H33NO2/c1-25-11-17-30-33(23-25)37(41)36-32-19-20-39(27-9-5-3-6-10-27,28-13-15-29(16-14-28)40-21-7-4-8-22-40)42-38(32)34-24-26(2)12-18-31(34)35(30)36/h3,5-6,9-20,23-24H,4,7-8,21-22H2,1-2H3. The Hall–Kier alpha value is -4.63. The summed E-state index contributed by atoms with van der Waals surface area (Å²) in [6.07, 6.45) is 8.11. The van der Waals surface area contributed by atoms with Gasteiger partial charge in [-0.1, -0.05) is 77.9 Å². The summed E-state index contributed by atoms with van der Waals surface area (Å²) in [4.78, 5) is 16.5. The molecule has 2 aliphatic heterocycles. The van der Waals surface area contributed by atoms with Gasteiger partial charge in [0.05, 0.1) is 0 Å². The molecule has 3 aliphatic rings. The molecule has 0 N–H and O–H groups in total. The molecule has 1 atom stereocenters. The fourth-order valence-corrected chi connectivity index (χ4v) is 7.21. The van der Waals surface area contributed by atoms with E-state index in [0.717, 1.165) is 79.7 Å². The molecule has 42 heavy (non-hydrogen) atoms. The second-order valence-corrected chi connectivity index (χ2v) is 12.1. The topological polar surface area (TPSA) is 29.5 Å². The van der Waals surface area contributed by atoms with Crippen molar-refractivity contribution in [3.63, 3.8) is 0 Å². The molecule has 1 unspecified atom stereocenters. The molecular formula is C39H33NO2. The largest absolute Gasteiger partial charge is 0.472 e. The van der Waals surface area contributed by atoms with E-state index in [0.29, 0.717) is 0 Å². The summed E-state index contributed by atoms with van der Waals surface area (Å²) < 4.78 is 7.29. The third kappa shape index (κ3) is 3.69. The number of ketones is 1. The van der Waals surface area contributed by atoms with Gasteiger partial charge in [-0.15, -0.1) is 0 Å². The number of benzene rings is 5. The number of anilines is 1. The van der Waals surface area contributed by atoms with Crippen molar-refractivity contribution in [2.75, 3.05) is 18.0 Å². The van der Waals surface area contributed by atoms with Crippen molar-refractivity contribution in [2.24, 2.45) is 0 Å². The first-order chi connectivity index (χ1) is 20.5. The van der Waals surface area contributed by atoms with E-state index in [9.17, 15) is 4.79 Å². The molecule has 8 rings (SSSR count). The SMILES string of the molecule is Cc1ccc2c(c1)C(=O)c1c3c(c4cc(C)ccc4c1-2)OC(c1ccccc1)(c1ccc(N2CCCCC2)cc1)C=C3. The smallest absolute Gasteiger partial charge is 0.195 e. The second-order valence-electron chi connectivity index (χ2n) is 12.1. The lowest BCUT2D eigenvalue weighted by molar-refractivity contribution is 0.104. The second kappa shape index (κ2) is 9.46. The quantitative estimate of drug-likeness (QED) is 0.221. The van der Waals surface area contributed by atoms with Crippen LogP contribution in [0.5, 0.6) is 5.75 Å². The summed E-state index contributed by atoms with van der Waals surface area (Å²) in [5.74, 6) is 0.852. The predicted molar refractivity (Wildman–Crippen MR) is 172 cm³/mol.